The third-order valence-corrected chi connectivity index (χ3v) is 7.68. The van der Waals surface area contributed by atoms with E-state index in [1.807, 2.05) is 0 Å². The molecule has 0 aromatic heterocycles. The Bertz CT molecular complexity index is 1510. The molecule has 2 amide bonds. The Balaban J connectivity index is 1.65. The van der Waals surface area contributed by atoms with Gasteiger partial charge < -0.3 is 43.0 Å². The van der Waals surface area contributed by atoms with Gasteiger partial charge in [-0.2, -0.15) is 0 Å². The smallest absolute Gasteiger partial charge is 0.339 e. The van der Waals surface area contributed by atoms with Gasteiger partial charge in [0.1, 0.15) is 6.61 Å². The van der Waals surface area contributed by atoms with Crippen molar-refractivity contribution in [3.05, 3.63) is 70.2 Å². The van der Waals surface area contributed by atoms with E-state index >= 15 is 0 Å². The molecule has 3 aromatic rings. The first kappa shape index (κ1) is 33.1. The molecule has 1 aliphatic heterocycles. The van der Waals surface area contributed by atoms with Crippen molar-refractivity contribution < 1.29 is 47.5 Å². The van der Waals surface area contributed by atoms with Gasteiger partial charge in [0.2, 0.25) is 11.5 Å². The molecule has 1 heterocycles. The van der Waals surface area contributed by atoms with Gasteiger partial charge in [0, 0.05) is 30.8 Å². The molecule has 12 nitrogen and oxygen atoms in total. The van der Waals surface area contributed by atoms with Gasteiger partial charge in [-0.05, 0) is 36.4 Å². The van der Waals surface area contributed by atoms with E-state index < -0.39 is 12.0 Å². The highest BCUT2D eigenvalue weighted by Gasteiger charge is 2.36. The fourth-order valence-electron chi connectivity index (χ4n) is 5.08. The minimum absolute atomic E-state index is 0.0570. The Kier molecular flexibility index (Phi) is 10.8. The molecule has 0 N–H and O–H groups in total. The molecule has 13 heteroatoms. The van der Waals surface area contributed by atoms with E-state index in [0.29, 0.717) is 40.1 Å². The molecule has 1 saturated heterocycles. The summed E-state index contributed by atoms with van der Waals surface area (Å²) in [6, 6.07) is 12.0. The third-order valence-electron chi connectivity index (χ3n) is 7.35. The SMILES string of the molecule is COc1cc(C(=O)N2CCN(C(=O)c3cc(OC)c(OC)c(OC)c3)C(COC(=O)c3ccccc3Cl)C2)cc(OC)c1OC. The van der Waals surface area contributed by atoms with E-state index in [0.717, 1.165) is 0 Å². The number of amides is 2. The summed E-state index contributed by atoms with van der Waals surface area (Å²) < 4.78 is 38.1. The quantitative estimate of drug-likeness (QED) is 0.281. The van der Waals surface area contributed by atoms with Crippen molar-refractivity contribution in [2.45, 2.75) is 6.04 Å². The van der Waals surface area contributed by atoms with Crippen LogP contribution in [0.15, 0.2) is 48.5 Å². The zero-order valence-corrected chi connectivity index (χ0v) is 26.6. The summed E-state index contributed by atoms with van der Waals surface area (Å²) in [4.78, 5) is 43.8. The Labute approximate surface area is 266 Å². The minimum Gasteiger partial charge on any atom is -0.493 e. The summed E-state index contributed by atoms with van der Waals surface area (Å²) in [6.07, 6.45) is 0. The molecular formula is C32H35ClN2O10. The average molecular weight is 643 g/mol. The molecule has 4 rings (SSSR count). The Morgan fingerprint density at radius 2 is 1.20 bits per heavy atom. The number of piperazine rings is 1. The van der Waals surface area contributed by atoms with E-state index in [4.69, 9.17) is 44.8 Å². The first-order valence-electron chi connectivity index (χ1n) is 13.8. The van der Waals surface area contributed by atoms with Crippen molar-refractivity contribution in [1.29, 1.82) is 0 Å². The van der Waals surface area contributed by atoms with Crippen LogP contribution in [0.1, 0.15) is 31.1 Å². The van der Waals surface area contributed by atoms with Crippen LogP contribution < -0.4 is 28.4 Å². The number of carbonyl (C=O) groups excluding carboxylic acids is 3. The molecular weight excluding hydrogens is 608 g/mol. The van der Waals surface area contributed by atoms with Gasteiger partial charge in [-0.15, -0.1) is 0 Å². The van der Waals surface area contributed by atoms with Crippen LogP contribution in [0, 0.1) is 0 Å². The maximum Gasteiger partial charge on any atom is 0.339 e. The lowest BCUT2D eigenvalue weighted by atomic mass is 10.1. The molecule has 1 unspecified atom stereocenters. The highest BCUT2D eigenvalue weighted by molar-refractivity contribution is 6.33. The van der Waals surface area contributed by atoms with Crippen LogP contribution in [0.3, 0.4) is 0 Å². The molecule has 1 aliphatic rings. The Hall–Kier alpha value is -4.84. The molecule has 3 aromatic carbocycles. The molecule has 45 heavy (non-hydrogen) atoms. The number of esters is 1. The number of rotatable bonds is 11. The number of hydrogen-bond donors (Lipinski definition) is 0. The highest BCUT2D eigenvalue weighted by atomic mass is 35.5. The van der Waals surface area contributed by atoms with Gasteiger partial charge in [-0.1, -0.05) is 23.7 Å². The van der Waals surface area contributed by atoms with Crippen molar-refractivity contribution in [1.82, 2.24) is 9.80 Å². The van der Waals surface area contributed by atoms with Crippen LogP contribution in [0.5, 0.6) is 34.5 Å². The van der Waals surface area contributed by atoms with Crippen molar-refractivity contribution >= 4 is 29.4 Å². The summed E-state index contributed by atoms with van der Waals surface area (Å²) in [5, 5.41) is 0.232. The average Bonchev–Trinajstić information content (AvgIpc) is 3.08. The van der Waals surface area contributed by atoms with E-state index in [1.165, 1.54) is 42.7 Å². The van der Waals surface area contributed by atoms with Crippen molar-refractivity contribution in [3.63, 3.8) is 0 Å². The zero-order valence-electron chi connectivity index (χ0n) is 25.9. The summed E-state index contributed by atoms with van der Waals surface area (Å²) >= 11 is 6.20. The number of methoxy groups -OCH3 is 6. The van der Waals surface area contributed by atoms with Gasteiger partial charge >= 0.3 is 5.97 Å². The maximum atomic E-state index is 14.0. The van der Waals surface area contributed by atoms with Crippen molar-refractivity contribution in [3.8, 4) is 34.5 Å². The van der Waals surface area contributed by atoms with Crippen LogP contribution in [-0.2, 0) is 4.74 Å². The fourth-order valence-corrected chi connectivity index (χ4v) is 5.30. The van der Waals surface area contributed by atoms with E-state index in [1.54, 1.807) is 58.3 Å². The van der Waals surface area contributed by atoms with Crippen LogP contribution in [-0.4, -0.2) is 103 Å². The lowest BCUT2D eigenvalue weighted by Crippen LogP contribution is -2.58. The van der Waals surface area contributed by atoms with Gasteiger partial charge in [-0.3, -0.25) is 9.59 Å². The fraction of sp³-hybridized carbons (Fsp3) is 0.344. The van der Waals surface area contributed by atoms with Gasteiger partial charge in [-0.25, -0.2) is 4.79 Å². The monoisotopic (exact) mass is 642 g/mol. The van der Waals surface area contributed by atoms with Gasteiger partial charge in [0.25, 0.3) is 11.8 Å². The number of carbonyl (C=O) groups is 3. The normalized spacial score (nSPS) is 14.3. The summed E-state index contributed by atoms with van der Waals surface area (Å²) in [6.45, 7) is 0.182. The topological polar surface area (TPSA) is 122 Å². The van der Waals surface area contributed by atoms with Crippen LogP contribution in [0.2, 0.25) is 5.02 Å². The minimum atomic E-state index is -0.720. The molecule has 1 fully saturated rings. The molecule has 1 atom stereocenters. The first-order chi connectivity index (χ1) is 21.7. The second-order valence-corrected chi connectivity index (χ2v) is 10.2. The van der Waals surface area contributed by atoms with Gasteiger partial charge in [0.15, 0.2) is 23.0 Å². The summed E-state index contributed by atoms with van der Waals surface area (Å²) in [7, 11) is 8.77. The number of halogens is 1. The second-order valence-electron chi connectivity index (χ2n) is 9.81. The third kappa shape index (κ3) is 6.96. The Morgan fingerprint density at radius 3 is 1.67 bits per heavy atom. The number of hydrogen-bond acceptors (Lipinski definition) is 10. The molecule has 0 aliphatic carbocycles. The Morgan fingerprint density at radius 1 is 0.711 bits per heavy atom. The van der Waals surface area contributed by atoms with E-state index in [-0.39, 0.29) is 54.2 Å². The lowest BCUT2D eigenvalue weighted by Gasteiger charge is -2.41. The van der Waals surface area contributed by atoms with Crippen LogP contribution in [0.25, 0.3) is 0 Å². The highest BCUT2D eigenvalue weighted by Crippen LogP contribution is 2.40. The van der Waals surface area contributed by atoms with Crippen LogP contribution >= 0.6 is 11.6 Å². The number of benzene rings is 3. The van der Waals surface area contributed by atoms with Gasteiger partial charge in [0.05, 0.1) is 59.3 Å². The van der Waals surface area contributed by atoms with Crippen molar-refractivity contribution in [2.75, 3.05) is 68.9 Å². The molecule has 240 valence electrons. The van der Waals surface area contributed by atoms with E-state index in [9.17, 15) is 14.4 Å². The largest absolute Gasteiger partial charge is 0.493 e. The van der Waals surface area contributed by atoms with Crippen molar-refractivity contribution in [2.24, 2.45) is 0 Å². The second kappa shape index (κ2) is 14.8. The summed E-state index contributed by atoms with van der Waals surface area (Å²) in [5.74, 6) is 0.557. The first-order valence-corrected chi connectivity index (χ1v) is 14.2. The molecule has 0 radical (unpaired) electrons. The van der Waals surface area contributed by atoms with E-state index in [2.05, 4.69) is 0 Å². The molecule has 0 spiro atoms. The summed E-state index contributed by atoms with van der Waals surface area (Å²) in [5.41, 5.74) is 0.736. The molecule has 0 saturated carbocycles. The zero-order chi connectivity index (χ0) is 32.7. The number of ether oxygens (including phenoxy) is 7. The maximum absolute atomic E-state index is 14.0. The molecule has 0 bridgehead atoms. The predicted molar refractivity (Wildman–Crippen MR) is 165 cm³/mol. The number of nitrogens with zero attached hydrogens (tertiary/aromatic N) is 2. The standard InChI is InChI=1S/C32H35ClN2O10/c1-39-24-13-19(14-25(40-2)28(24)43-5)30(36)34-11-12-35(21(17-34)18-45-32(38)22-9-7-8-10-23(22)33)31(37)20-15-26(41-3)29(44-6)27(16-20)42-4/h7-10,13-16,21H,11-12,17-18H2,1-6H3. The predicted octanol–water partition coefficient (Wildman–Crippen LogP) is 4.22. The van der Waals surface area contributed by atoms with Crippen LogP contribution in [0.4, 0.5) is 0 Å². The lowest BCUT2D eigenvalue weighted by molar-refractivity contribution is 0.0119.